The Morgan fingerprint density at radius 1 is 1.08 bits per heavy atom. The number of amides is 1. The second-order valence-electron chi connectivity index (χ2n) is 6.05. The molecule has 3 aromatic rings. The molecule has 0 aliphatic carbocycles. The maximum absolute atomic E-state index is 12.5. The first-order chi connectivity index (χ1) is 12.0. The summed E-state index contributed by atoms with van der Waals surface area (Å²) in [6, 6.07) is 16.0. The van der Waals surface area contributed by atoms with E-state index < -0.39 is 11.7 Å². The molecule has 0 aliphatic heterocycles. The van der Waals surface area contributed by atoms with Crippen LogP contribution in [0.5, 0.6) is 5.75 Å². The molecule has 0 N–H and O–H groups in total. The van der Waals surface area contributed by atoms with Crippen LogP contribution in [0, 0.1) is 6.92 Å². The number of hydrogen-bond donors (Lipinski definition) is 0. The number of benzene rings is 2. The normalized spacial score (nSPS) is 12.0. The van der Waals surface area contributed by atoms with Gasteiger partial charge in [0.15, 0.2) is 0 Å². The fraction of sp³-hybridized carbons (Fsp3) is 0.200. The summed E-state index contributed by atoms with van der Waals surface area (Å²) in [5.74, 6) is 0.294. The summed E-state index contributed by atoms with van der Waals surface area (Å²) >= 11 is 0. The second kappa shape index (κ2) is 6.81. The predicted molar refractivity (Wildman–Crippen MR) is 95.7 cm³/mol. The highest BCUT2D eigenvalue weighted by molar-refractivity contribution is 5.83. The van der Waals surface area contributed by atoms with Gasteiger partial charge < -0.3 is 14.1 Å². The summed E-state index contributed by atoms with van der Waals surface area (Å²) in [7, 11) is 3.37. The van der Waals surface area contributed by atoms with Gasteiger partial charge in [-0.3, -0.25) is 4.79 Å². The van der Waals surface area contributed by atoms with Gasteiger partial charge in [-0.25, -0.2) is 4.79 Å². The molecule has 3 rings (SSSR count). The van der Waals surface area contributed by atoms with Crippen LogP contribution in [-0.2, 0) is 4.79 Å². The Bertz CT molecular complexity index is 960. The maximum Gasteiger partial charge on any atom is 0.336 e. The van der Waals surface area contributed by atoms with Crippen LogP contribution < -0.4 is 10.4 Å². The molecule has 5 heteroatoms. The Hall–Kier alpha value is -3.08. The van der Waals surface area contributed by atoms with Crippen LogP contribution in [0.25, 0.3) is 11.0 Å². The molecule has 128 valence electrons. The minimum Gasteiger partial charge on any atom is -0.476 e. The highest BCUT2D eigenvalue weighted by Gasteiger charge is 2.24. The number of nitrogens with zero attached hydrogens (tertiary/aromatic N) is 1. The second-order valence-corrected chi connectivity index (χ2v) is 6.05. The molecule has 0 radical (unpaired) electrons. The fourth-order valence-corrected chi connectivity index (χ4v) is 2.64. The zero-order chi connectivity index (χ0) is 18.0. The molecule has 0 saturated carbocycles. The van der Waals surface area contributed by atoms with E-state index in [9.17, 15) is 9.59 Å². The summed E-state index contributed by atoms with van der Waals surface area (Å²) in [6.07, 6.45) is -0.773. The van der Waals surface area contributed by atoms with Crippen molar-refractivity contribution in [1.82, 2.24) is 4.90 Å². The molecule has 0 unspecified atom stereocenters. The number of aryl methyl sites for hydroxylation is 1. The number of carbonyl (C=O) groups is 1. The van der Waals surface area contributed by atoms with E-state index in [1.807, 2.05) is 43.3 Å². The van der Waals surface area contributed by atoms with E-state index in [0.717, 1.165) is 16.5 Å². The Morgan fingerprint density at radius 2 is 1.80 bits per heavy atom. The lowest BCUT2D eigenvalue weighted by molar-refractivity contribution is -0.136. The van der Waals surface area contributed by atoms with Crippen LogP contribution >= 0.6 is 0 Å². The van der Waals surface area contributed by atoms with E-state index >= 15 is 0 Å². The summed E-state index contributed by atoms with van der Waals surface area (Å²) in [6.45, 7) is 1.85. The summed E-state index contributed by atoms with van der Waals surface area (Å²) < 4.78 is 11.2. The van der Waals surface area contributed by atoms with Gasteiger partial charge in [-0.15, -0.1) is 0 Å². The molecule has 0 aliphatic rings. The molecule has 5 nitrogen and oxygen atoms in total. The third kappa shape index (κ3) is 3.55. The van der Waals surface area contributed by atoms with Crippen molar-refractivity contribution in [2.45, 2.75) is 13.0 Å². The van der Waals surface area contributed by atoms with Gasteiger partial charge >= 0.3 is 5.63 Å². The molecule has 0 bridgehead atoms. The van der Waals surface area contributed by atoms with Crippen LogP contribution in [0.3, 0.4) is 0 Å². The Morgan fingerprint density at radius 3 is 2.48 bits per heavy atom. The van der Waals surface area contributed by atoms with Crippen LogP contribution in [0.2, 0.25) is 0 Å². The van der Waals surface area contributed by atoms with E-state index in [1.165, 1.54) is 11.0 Å². The molecule has 1 heterocycles. The molecular weight excluding hydrogens is 318 g/mol. The van der Waals surface area contributed by atoms with Crippen molar-refractivity contribution in [3.05, 3.63) is 76.1 Å². The summed E-state index contributed by atoms with van der Waals surface area (Å²) in [5, 5.41) is 0.835. The quantitative estimate of drug-likeness (QED) is 0.685. The molecule has 1 atom stereocenters. The highest BCUT2D eigenvalue weighted by Crippen LogP contribution is 2.27. The Labute approximate surface area is 145 Å². The largest absolute Gasteiger partial charge is 0.476 e. The molecular formula is C20H19NO4. The molecule has 1 amide bonds. The van der Waals surface area contributed by atoms with Gasteiger partial charge in [-0.1, -0.05) is 30.3 Å². The van der Waals surface area contributed by atoms with Gasteiger partial charge in [0.1, 0.15) is 11.3 Å². The third-order valence-corrected chi connectivity index (χ3v) is 3.94. The number of rotatable bonds is 4. The average molecular weight is 337 g/mol. The van der Waals surface area contributed by atoms with Gasteiger partial charge in [-0.05, 0) is 24.6 Å². The standard InChI is InChI=1S/C20H19NO4/c1-13-11-18(22)25-17-12-15(9-10-16(13)17)24-19(20(23)21(2)3)14-7-5-4-6-8-14/h4-12,19H,1-3H3/t19-/m1/s1. The first kappa shape index (κ1) is 16.8. The minimum atomic E-state index is -0.773. The number of fused-ring (bicyclic) bond motifs is 1. The van der Waals surface area contributed by atoms with E-state index in [4.69, 9.17) is 9.15 Å². The van der Waals surface area contributed by atoms with Gasteiger partial charge in [0.05, 0.1) is 0 Å². The lowest BCUT2D eigenvalue weighted by atomic mass is 10.1. The van der Waals surface area contributed by atoms with Crippen LogP contribution in [0.15, 0.2) is 63.8 Å². The van der Waals surface area contributed by atoms with E-state index in [-0.39, 0.29) is 5.91 Å². The van der Waals surface area contributed by atoms with Crippen molar-refractivity contribution in [3.8, 4) is 5.75 Å². The Balaban J connectivity index is 2.01. The molecule has 2 aromatic carbocycles. The molecule has 0 fully saturated rings. The summed E-state index contributed by atoms with van der Waals surface area (Å²) in [4.78, 5) is 25.6. The van der Waals surface area contributed by atoms with Gasteiger partial charge in [-0.2, -0.15) is 0 Å². The van der Waals surface area contributed by atoms with Crippen molar-refractivity contribution in [3.63, 3.8) is 0 Å². The topological polar surface area (TPSA) is 59.8 Å². The Kier molecular flexibility index (Phi) is 4.57. The van der Waals surface area contributed by atoms with Crippen molar-refractivity contribution in [2.24, 2.45) is 0 Å². The van der Waals surface area contributed by atoms with E-state index in [2.05, 4.69) is 0 Å². The van der Waals surface area contributed by atoms with Crippen molar-refractivity contribution in [1.29, 1.82) is 0 Å². The smallest absolute Gasteiger partial charge is 0.336 e. The molecule has 0 spiro atoms. The monoisotopic (exact) mass is 337 g/mol. The summed E-state index contributed by atoms with van der Waals surface area (Å²) in [5.41, 5.74) is 1.62. The number of hydrogen-bond acceptors (Lipinski definition) is 4. The number of ether oxygens (including phenoxy) is 1. The molecule has 0 saturated heterocycles. The fourth-order valence-electron chi connectivity index (χ4n) is 2.64. The zero-order valence-electron chi connectivity index (χ0n) is 14.4. The average Bonchev–Trinajstić information content (AvgIpc) is 2.59. The first-order valence-electron chi connectivity index (χ1n) is 7.93. The van der Waals surface area contributed by atoms with Crippen molar-refractivity contribution >= 4 is 16.9 Å². The van der Waals surface area contributed by atoms with Crippen molar-refractivity contribution < 1.29 is 13.9 Å². The van der Waals surface area contributed by atoms with E-state index in [0.29, 0.717) is 11.3 Å². The predicted octanol–water partition coefficient (Wildman–Crippen LogP) is 3.31. The van der Waals surface area contributed by atoms with Gasteiger partial charge in [0.2, 0.25) is 6.10 Å². The van der Waals surface area contributed by atoms with Crippen LogP contribution in [0.4, 0.5) is 0 Å². The lowest BCUT2D eigenvalue weighted by Crippen LogP contribution is -2.31. The third-order valence-electron chi connectivity index (χ3n) is 3.94. The lowest BCUT2D eigenvalue weighted by Gasteiger charge is -2.22. The molecule has 1 aromatic heterocycles. The highest BCUT2D eigenvalue weighted by atomic mass is 16.5. The van der Waals surface area contributed by atoms with Gasteiger partial charge in [0.25, 0.3) is 5.91 Å². The minimum absolute atomic E-state index is 0.169. The van der Waals surface area contributed by atoms with Crippen LogP contribution in [-0.4, -0.2) is 24.9 Å². The molecule has 25 heavy (non-hydrogen) atoms. The number of likely N-dealkylation sites (N-methyl/N-ethyl adjacent to an activating group) is 1. The number of carbonyl (C=O) groups excluding carboxylic acids is 1. The zero-order valence-corrected chi connectivity index (χ0v) is 14.4. The van der Waals surface area contributed by atoms with Gasteiger partial charge in [0, 0.05) is 37.2 Å². The SMILES string of the molecule is Cc1cc(=O)oc2cc(O[C@@H](C(=O)N(C)C)c3ccccc3)ccc12. The van der Waals surface area contributed by atoms with Crippen LogP contribution in [0.1, 0.15) is 17.2 Å². The van der Waals surface area contributed by atoms with Crippen molar-refractivity contribution in [2.75, 3.05) is 14.1 Å². The first-order valence-corrected chi connectivity index (χ1v) is 7.93. The maximum atomic E-state index is 12.5. The van der Waals surface area contributed by atoms with E-state index in [1.54, 1.807) is 26.2 Å².